The quantitative estimate of drug-likeness (QED) is 0.322. The standard InChI is InChI=1S/C25H23N5O2S/c1-15-13-26-21(16(2)22(15)32-4)14-33-25-29-28-24-19-7-5-6-8-20(19)27-23(30(24)25)17-9-11-18(31-3)12-10-17/h5-13H,14H2,1-4H3. The van der Waals surface area contributed by atoms with E-state index in [0.717, 1.165) is 61.4 Å². The summed E-state index contributed by atoms with van der Waals surface area (Å²) < 4.78 is 12.9. The van der Waals surface area contributed by atoms with E-state index in [-0.39, 0.29) is 0 Å². The van der Waals surface area contributed by atoms with Gasteiger partial charge in [0, 0.05) is 34.0 Å². The monoisotopic (exact) mass is 457 g/mol. The van der Waals surface area contributed by atoms with Crippen LogP contribution >= 0.6 is 11.8 Å². The van der Waals surface area contributed by atoms with Crippen LogP contribution in [0.25, 0.3) is 27.9 Å². The molecular formula is C25H23N5O2S. The fourth-order valence-electron chi connectivity index (χ4n) is 3.94. The summed E-state index contributed by atoms with van der Waals surface area (Å²) in [6.45, 7) is 4.04. The highest BCUT2D eigenvalue weighted by molar-refractivity contribution is 7.98. The molecule has 0 unspecified atom stereocenters. The van der Waals surface area contributed by atoms with Crippen LogP contribution in [0.15, 0.2) is 59.9 Å². The Morgan fingerprint density at radius 3 is 2.48 bits per heavy atom. The van der Waals surface area contributed by atoms with Gasteiger partial charge in [-0.1, -0.05) is 23.9 Å². The lowest BCUT2D eigenvalue weighted by molar-refractivity contribution is 0.407. The van der Waals surface area contributed by atoms with Gasteiger partial charge < -0.3 is 9.47 Å². The van der Waals surface area contributed by atoms with Gasteiger partial charge in [-0.2, -0.15) is 0 Å². The van der Waals surface area contributed by atoms with E-state index < -0.39 is 0 Å². The maximum atomic E-state index is 5.57. The Morgan fingerprint density at radius 2 is 1.73 bits per heavy atom. The molecule has 5 rings (SSSR count). The van der Waals surface area contributed by atoms with Crippen molar-refractivity contribution in [1.29, 1.82) is 0 Å². The molecule has 0 amide bonds. The molecule has 5 aromatic rings. The summed E-state index contributed by atoms with van der Waals surface area (Å²) in [4.78, 5) is 9.59. The molecule has 3 aromatic heterocycles. The van der Waals surface area contributed by atoms with Crippen molar-refractivity contribution >= 4 is 28.3 Å². The van der Waals surface area contributed by atoms with Crippen molar-refractivity contribution in [2.45, 2.75) is 24.8 Å². The smallest absolute Gasteiger partial charge is 0.197 e. The van der Waals surface area contributed by atoms with E-state index in [4.69, 9.17) is 14.5 Å². The first kappa shape index (κ1) is 21.2. The number of thioether (sulfide) groups is 1. The molecule has 0 bridgehead atoms. The Morgan fingerprint density at radius 1 is 0.939 bits per heavy atom. The van der Waals surface area contributed by atoms with E-state index in [2.05, 4.69) is 15.2 Å². The number of aromatic nitrogens is 5. The molecule has 3 heterocycles. The Kier molecular flexibility index (Phi) is 5.60. The molecule has 8 heteroatoms. The van der Waals surface area contributed by atoms with Crippen molar-refractivity contribution < 1.29 is 9.47 Å². The fourth-order valence-corrected chi connectivity index (χ4v) is 4.89. The van der Waals surface area contributed by atoms with Crippen molar-refractivity contribution in [3.05, 3.63) is 71.5 Å². The van der Waals surface area contributed by atoms with Crippen molar-refractivity contribution in [3.63, 3.8) is 0 Å². The first-order valence-corrected chi connectivity index (χ1v) is 11.5. The van der Waals surface area contributed by atoms with Crippen LogP contribution in [0.1, 0.15) is 16.8 Å². The third-order valence-electron chi connectivity index (χ3n) is 5.65. The van der Waals surface area contributed by atoms with Crippen molar-refractivity contribution in [2.24, 2.45) is 0 Å². The highest BCUT2D eigenvalue weighted by Gasteiger charge is 2.18. The number of methoxy groups -OCH3 is 2. The van der Waals surface area contributed by atoms with Gasteiger partial charge in [0.25, 0.3) is 0 Å². The molecule has 0 radical (unpaired) electrons. The van der Waals surface area contributed by atoms with Gasteiger partial charge in [-0.05, 0) is 50.2 Å². The molecule has 0 aliphatic heterocycles. The average Bonchev–Trinajstić information content (AvgIpc) is 3.28. The van der Waals surface area contributed by atoms with Crippen molar-refractivity contribution in [1.82, 2.24) is 24.6 Å². The van der Waals surface area contributed by atoms with E-state index >= 15 is 0 Å². The SMILES string of the molecule is COc1ccc(-c2nc3ccccc3c3nnc(SCc4ncc(C)c(OC)c4C)n23)cc1. The first-order chi connectivity index (χ1) is 16.1. The summed E-state index contributed by atoms with van der Waals surface area (Å²) in [6.07, 6.45) is 1.85. The molecule has 166 valence electrons. The molecule has 2 aromatic carbocycles. The van der Waals surface area contributed by atoms with Crippen molar-refractivity contribution in [3.8, 4) is 22.9 Å². The first-order valence-electron chi connectivity index (χ1n) is 10.5. The number of ether oxygens (including phenoxy) is 2. The molecule has 0 saturated heterocycles. The average molecular weight is 458 g/mol. The third kappa shape index (κ3) is 3.76. The maximum Gasteiger partial charge on any atom is 0.197 e. The normalized spacial score (nSPS) is 11.3. The van der Waals surface area contributed by atoms with Gasteiger partial charge in [-0.25, -0.2) is 4.98 Å². The van der Waals surface area contributed by atoms with E-state index in [1.807, 2.05) is 73.0 Å². The number of rotatable bonds is 6. The largest absolute Gasteiger partial charge is 0.497 e. The second-order valence-corrected chi connectivity index (χ2v) is 8.60. The van der Waals surface area contributed by atoms with Crippen LogP contribution in [0.4, 0.5) is 0 Å². The number of hydrogen-bond donors (Lipinski definition) is 0. The number of pyridine rings is 1. The van der Waals surface area contributed by atoms with E-state index in [1.165, 1.54) is 0 Å². The highest BCUT2D eigenvalue weighted by Crippen LogP contribution is 2.32. The molecule has 0 saturated carbocycles. The number of fused-ring (bicyclic) bond motifs is 3. The lowest BCUT2D eigenvalue weighted by atomic mass is 10.1. The predicted molar refractivity (Wildman–Crippen MR) is 130 cm³/mol. The molecule has 0 aliphatic rings. The summed E-state index contributed by atoms with van der Waals surface area (Å²) in [5, 5.41) is 10.8. The zero-order valence-corrected chi connectivity index (χ0v) is 19.7. The number of para-hydroxylation sites is 1. The molecular weight excluding hydrogens is 434 g/mol. The van der Waals surface area contributed by atoms with Gasteiger partial charge in [-0.15, -0.1) is 10.2 Å². The second-order valence-electron chi connectivity index (χ2n) is 7.66. The van der Waals surface area contributed by atoms with Gasteiger partial charge in [0.05, 0.1) is 25.4 Å². The summed E-state index contributed by atoms with van der Waals surface area (Å²) in [5.41, 5.74) is 5.63. The molecule has 33 heavy (non-hydrogen) atoms. The van der Waals surface area contributed by atoms with Crippen molar-refractivity contribution in [2.75, 3.05) is 14.2 Å². The Bertz CT molecular complexity index is 1460. The maximum absolute atomic E-state index is 5.57. The van der Waals surface area contributed by atoms with Crippen LogP contribution in [-0.4, -0.2) is 38.8 Å². The predicted octanol–water partition coefficient (Wildman–Crippen LogP) is 5.27. The second kappa shape index (κ2) is 8.71. The van der Waals surface area contributed by atoms with E-state index in [0.29, 0.717) is 5.75 Å². The number of aryl methyl sites for hydroxylation is 1. The number of nitrogens with zero attached hydrogens (tertiary/aromatic N) is 5. The van der Waals surface area contributed by atoms with Gasteiger partial charge in [0.15, 0.2) is 10.8 Å². The Labute approximate surface area is 195 Å². The molecule has 0 aliphatic carbocycles. The van der Waals surface area contributed by atoms with Gasteiger partial charge in [-0.3, -0.25) is 9.38 Å². The molecule has 0 spiro atoms. The third-order valence-corrected chi connectivity index (χ3v) is 6.59. The van der Waals surface area contributed by atoms with Crippen LogP contribution in [0.3, 0.4) is 0 Å². The minimum Gasteiger partial charge on any atom is -0.497 e. The summed E-state index contributed by atoms with van der Waals surface area (Å²) in [5.74, 6) is 3.09. The van der Waals surface area contributed by atoms with Gasteiger partial charge in [0.1, 0.15) is 17.3 Å². The summed E-state index contributed by atoms with van der Waals surface area (Å²) in [7, 11) is 3.35. The Hall–Kier alpha value is -3.65. The van der Waals surface area contributed by atoms with Crippen LogP contribution in [0.5, 0.6) is 11.5 Å². The molecule has 0 fully saturated rings. The lowest BCUT2D eigenvalue weighted by Crippen LogP contribution is -2.01. The van der Waals surface area contributed by atoms with E-state index in [9.17, 15) is 0 Å². The molecule has 0 atom stereocenters. The number of benzene rings is 2. The van der Waals surface area contributed by atoms with Crippen LogP contribution < -0.4 is 9.47 Å². The minimum absolute atomic E-state index is 0.637. The molecule has 7 nitrogen and oxygen atoms in total. The zero-order chi connectivity index (χ0) is 22.9. The topological polar surface area (TPSA) is 74.4 Å². The zero-order valence-electron chi connectivity index (χ0n) is 18.9. The summed E-state index contributed by atoms with van der Waals surface area (Å²) >= 11 is 1.58. The number of hydrogen-bond acceptors (Lipinski definition) is 7. The summed E-state index contributed by atoms with van der Waals surface area (Å²) in [6, 6.07) is 15.9. The van der Waals surface area contributed by atoms with E-state index in [1.54, 1.807) is 26.0 Å². The highest BCUT2D eigenvalue weighted by atomic mass is 32.2. The van der Waals surface area contributed by atoms with Crippen LogP contribution in [0.2, 0.25) is 0 Å². The Balaban J connectivity index is 1.62. The fraction of sp³-hybridized carbons (Fsp3) is 0.200. The minimum atomic E-state index is 0.637. The van der Waals surface area contributed by atoms with Gasteiger partial charge >= 0.3 is 0 Å². The van der Waals surface area contributed by atoms with Crippen LogP contribution in [0, 0.1) is 13.8 Å². The van der Waals surface area contributed by atoms with Crippen LogP contribution in [-0.2, 0) is 5.75 Å². The van der Waals surface area contributed by atoms with Gasteiger partial charge in [0.2, 0.25) is 0 Å². The lowest BCUT2D eigenvalue weighted by Gasteiger charge is -2.12. The molecule has 0 N–H and O–H groups in total.